The van der Waals surface area contributed by atoms with Crippen LogP contribution in [0.3, 0.4) is 0 Å². The van der Waals surface area contributed by atoms with Gasteiger partial charge in [-0.3, -0.25) is 14.7 Å². The van der Waals surface area contributed by atoms with Crippen molar-refractivity contribution in [2.24, 2.45) is 5.92 Å². The van der Waals surface area contributed by atoms with Gasteiger partial charge in [-0.2, -0.15) is 0 Å². The van der Waals surface area contributed by atoms with E-state index >= 15 is 0 Å². The average Bonchev–Trinajstić information content (AvgIpc) is 3.23. The molecule has 5 heteroatoms. The molecule has 1 aliphatic rings. The van der Waals surface area contributed by atoms with Gasteiger partial charge in [-0.05, 0) is 61.9 Å². The molecule has 0 radical (unpaired) electrons. The number of hydrogen-bond donors (Lipinski definition) is 1. The molecule has 2 heterocycles. The van der Waals surface area contributed by atoms with Gasteiger partial charge in [0.1, 0.15) is 11.5 Å². The number of carbonyl (C=O) groups excluding carboxylic acids is 1. The van der Waals surface area contributed by atoms with Gasteiger partial charge in [-0.1, -0.05) is 35.9 Å². The zero-order valence-electron chi connectivity index (χ0n) is 17.3. The van der Waals surface area contributed by atoms with Crippen molar-refractivity contribution in [3.05, 3.63) is 89.7 Å². The van der Waals surface area contributed by atoms with Crippen LogP contribution in [0.1, 0.15) is 23.2 Å². The van der Waals surface area contributed by atoms with Crippen molar-refractivity contribution in [2.75, 3.05) is 13.1 Å². The number of carbonyl (C=O) groups is 1. The number of nitrogens with zero attached hydrogens (tertiary/aromatic N) is 2. The number of nitrogens with one attached hydrogen (secondary N) is 1. The average molecular weight is 402 g/mol. The lowest BCUT2D eigenvalue weighted by molar-refractivity contribution is -0.124. The summed E-state index contributed by atoms with van der Waals surface area (Å²) in [5.74, 6) is 1.81. The van der Waals surface area contributed by atoms with Crippen molar-refractivity contribution in [3.8, 4) is 11.5 Å². The van der Waals surface area contributed by atoms with Gasteiger partial charge >= 0.3 is 0 Å². The Kier molecular flexibility index (Phi) is 6.40. The van der Waals surface area contributed by atoms with E-state index in [1.807, 2.05) is 54.6 Å². The number of aromatic nitrogens is 1. The molecular weight excluding hydrogens is 374 g/mol. The van der Waals surface area contributed by atoms with Gasteiger partial charge in [0, 0.05) is 19.3 Å². The maximum absolute atomic E-state index is 12.5. The summed E-state index contributed by atoms with van der Waals surface area (Å²) in [4.78, 5) is 19.1. The first kappa shape index (κ1) is 20.1. The molecule has 1 aromatic heterocycles. The molecule has 30 heavy (non-hydrogen) atoms. The predicted octanol–water partition coefficient (Wildman–Crippen LogP) is 4.32. The highest BCUT2D eigenvalue weighted by Crippen LogP contribution is 2.24. The third-order valence-corrected chi connectivity index (χ3v) is 5.37. The number of amides is 1. The zero-order chi connectivity index (χ0) is 20.8. The standard InChI is InChI=1S/C25H27N3O2/c1-19-8-10-23(11-9-19)30-24-7-4-5-20(15-24)17-28-14-12-21(18-28)25(29)27-16-22-6-2-3-13-26-22/h2-11,13,15,21H,12,14,16-18H2,1H3,(H,27,29). The number of likely N-dealkylation sites (tertiary alicyclic amines) is 1. The molecule has 5 nitrogen and oxygen atoms in total. The predicted molar refractivity (Wildman–Crippen MR) is 117 cm³/mol. The molecule has 1 fully saturated rings. The normalized spacial score (nSPS) is 16.4. The monoisotopic (exact) mass is 401 g/mol. The van der Waals surface area contributed by atoms with Gasteiger partial charge in [0.15, 0.2) is 0 Å². The maximum atomic E-state index is 12.5. The Bertz CT molecular complexity index is 973. The minimum atomic E-state index is 0.0284. The molecule has 1 aliphatic heterocycles. The third kappa shape index (κ3) is 5.45. The molecule has 1 saturated heterocycles. The fourth-order valence-corrected chi connectivity index (χ4v) is 3.72. The molecule has 154 valence electrons. The molecule has 1 atom stereocenters. The summed E-state index contributed by atoms with van der Waals surface area (Å²) in [5.41, 5.74) is 3.28. The fraction of sp³-hybridized carbons (Fsp3) is 0.280. The molecule has 3 aromatic rings. The quantitative estimate of drug-likeness (QED) is 0.641. The second kappa shape index (κ2) is 9.55. The molecule has 0 spiro atoms. The number of hydrogen-bond acceptors (Lipinski definition) is 4. The van der Waals surface area contributed by atoms with E-state index < -0.39 is 0 Å². The molecule has 1 N–H and O–H groups in total. The first-order chi connectivity index (χ1) is 14.7. The van der Waals surface area contributed by atoms with E-state index in [9.17, 15) is 4.79 Å². The van der Waals surface area contributed by atoms with Gasteiger partial charge in [-0.15, -0.1) is 0 Å². The van der Waals surface area contributed by atoms with Gasteiger partial charge in [0.2, 0.25) is 5.91 Å². The summed E-state index contributed by atoms with van der Waals surface area (Å²) in [6.45, 7) is 5.05. The molecule has 0 bridgehead atoms. The van der Waals surface area contributed by atoms with Crippen molar-refractivity contribution in [1.29, 1.82) is 0 Å². The van der Waals surface area contributed by atoms with Gasteiger partial charge < -0.3 is 10.1 Å². The Hall–Kier alpha value is -3.18. The summed E-state index contributed by atoms with van der Waals surface area (Å²) in [6.07, 6.45) is 2.63. The highest BCUT2D eigenvalue weighted by molar-refractivity contribution is 5.79. The van der Waals surface area contributed by atoms with E-state index in [2.05, 4.69) is 34.3 Å². The largest absolute Gasteiger partial charge is 0.457 e. The van der Waals surface area contributed by atoms with Gasteiger partial charge in [0.05, 0.1) is 18.2 Å². The van der Waals surface area contributed by atoms with Crippen LogP contribution in [0.4, 0.5) is 0 Å². The highest BCUT2D eigenvalue weighted by Gasteiger charge is 2.28. The van der Waals surface area contributed by atoms with Crippen LogP contribution in [0.2, 0.25) is 0 Å². The van der Waals surface area contributed by atoms with Crippen LogP contribution in [0.15, 0.2) is 72.9 Å². The smallest absolute Gasteiger partial charge is 0.224 e. The fourth-order valence-electron chi connectivity index (χ4n) is 3.72. The van der Waals surface area contributed by atoms with E-state index in [-0.39, 0.29) is 11.8 Å². The van der Waals surface area contributed by atoms with Crippen LogP contribution in [0, 0.1) is 12.8 Å². The van der Waals surface area contributed by atoms with E-state index in [0.29, 0.717) is 6.54 Å². The molecule has 2 aromatic carbocycles. The lowest BCUT2D eigenvalue weighted by atomic mass is 10.1. The third-order valence-electron chi connectivity index (χ3n) is 5.37. The van der Waals surface area contributed by atoms with E-state index in [0.717, 1.165) is 43.2 Å². The lowest BCUT2D eigenvalue weighted by Gasteiger charge is -2.17. The van der Waals surface area contributed by atoms with Crippen molar-refractivity contribution in [1.82, 2.24) is 15.2 Å². The van der Waals surface area contributed by atoms with E-state index in [1.54, 1.807) is 6.20 Å². The summed E-state index contributed by atoms with van der Waals surface area (Å²) in [6, 6.07) is 22.0. The Balaban J connectivity index is 1.28. The van der Waals surface area contributed by atoms with Crippen LogP contribution in [-0.4, -0.2) is 28.9 Å². The summed E-state index contributed by atoms with van der Waals surface area (Å²) < 4.78 is 5.98. The minimum Gasteiger partial charge on any atom is -0.457 e. The van der Waals surface area contributed by atoms with Crippen molar-refractivity contribution in [2.45, 2.75) is 26.4 Å². The first-order valence-corrected chi connectivity index (χ1v) is 10.4. The van der Waals surface area contributed by atoms with Crippen LogP contribution < -0.4 is 10.1 Å². The second-order valence-corrected chi connectivity index (χ2v) is 7.82. The molecule has 0 aliphatic carbocycles. The Morgan fingerprint density at radius 1 is 1.10 bits per heavy atom. The van der Waals surface area contributed by atoms with Crippen molar-refractivity contribution >= 4 is 5.91 Å². The number of rotatable bonds is 7. The van der Waals surface area contributed by atoms with E-state index in [4.69, 9.17) is 4.74 Å². The summed E-state index contributed by atoms with van der Waals surface area (Å²) in [5, 5.41) is 3.02. The zero-order valence-corrected chi connectivity index (χ0v) is 17.3. The van der Waals surface area contributed by atoms with E-state index in [1.165, 1.54) is 11.1 Å². The molecule has 1 unspecified atom stereocenters. The molecular formula is C25H27N3O2. The molecule has 1 amide bonds. The lowest BCUT2D eigenvalue weighted by Crippen LogP contribution is -2.32. The Morgan fingerprint density at radius 3 is 2.77 bits per heavy atom. The molecule has 4 rings (SSSR count). The van der Waals surface area contributed by atoms with Gasteiger partial charge in [-0.25, -0.2) is 0 Å². The summed E-state index contributed by atoms with van der Waals surface area (Å²) >= 11 is 0. The van der Waals surface area contributed by atoms with Crippen LogP contribution in [-0.2, 0) is 17.9 Å². The minimum absolute atomic E-state index is 0.0284. The summed E-state index contributed by atoms with van der Waals surface area (Å²) in [7, 11) is 0. The number of aryl methyl sites for hydroxylation is 1. The van der Waals surface area contributed by atoms with Gasteiger partial charge in [0.25, 0.3) is 0 Å². The Labute approximate surface area is 177 Å². The second-order valence-electron chi connectivity index (χ2n) is 7.82. The molecule has 0 saturated carbocycles. The number of pyridine rings is 1. The first-order valence-electron chi connectivity index (χ1n) is 10.4. The van der Waals surface area contributed by atoms with Crippen molar-refractivity contribution in [3.63, 3.8) is 0 Å². The maximum Gasteiger partial charge on any atom is 0.224 e. The number of ether oxygens (including phenoxy) is 1. The SMILES string of the molecule is Cc1ccc(Oc2cccc(CN3CCC(C(=O)NCc4ccccn4)C3)c2)cc1. The van der Waals surface area contributed by atoms with Crippen molar-refractivity contribution < 1.29 is 9.53 Å². The highest BCUT2D eigenvalue weighted by atomic mass is 16.5. The number of benzene rings is 2. The topological polar surface area (TPSA) is 54.5 Å². The van der Waals surface area contributed by atoms with Crippen LogP contribution in [0.5, 0.6) is 11.5 Å². The van der Waals surface area contributed by atoms with Crippen LogP contribution >= 0.6 is 0 Å². The Morgan fingerprint density at radius 2 is 1.97 bits per heavy atom. The van der Waals surface area contributed by atoms with Crippen LogP contribution in [0.25, 0.3) is 0 Å².